The lowest BCUT2D eigenvalue weighted by Crippen LogP contribution is -2.18. The summed E-state index contributed by atoms with van der Waals surface area (Å²) < 4.78 is 16.3. The van der Waals surface area contributed by atoms with E-state index in [9.17, 15) is 14.0 Å². The van der Waals surface area contributed by atoms with Crippen LogP contribution >= 0.6 is 11.3 Å². The Balaban J connectivity index is 1.30. The van der Waals surface area contributed by atoms with Crippen LogP contribution in [-0.4, -0.2) is 44.3 Å². The van der Waals surface area contributed by atoms with Crippen molar-refractivity contribution in [1.29, 1.82) is 0 Å². The lowest BCUT2D eigenvalue weighted by atomic mass is 10.1. The van der Waals surface area contributed by atoms with Crippen molar-refractivity contribution in [2.45, 2.75) is 32.7 Å². The Bertz CT molecular complexity index is 1590. The van der Waals surface area contributed by atoms with E-state index in [2.05, 4.69) is 32.0 Å². The number of benzene rings is 2. The summed E-state index contributed by atoms with van der Waals surface area (Å²) in [4.78, 5) is 35.8. The number of thiazole rings is 1. The third-order valence-electron chi connectivity index (χ3n) is 6.36. The van der Waals surface area contributed by atoms with Crippen molar-refractivity contribution in [3.63, 3.8) is 0 Å². The van der Waals surface area contributed by atoms with E-state index in [1.165, 1.54) is 36.3 Å². The van der Waals surface area contributed by atoms with E-state index in [4.69, 9.17) is 5.73 Å². The molecular formula is C29H27FN6O2S. The van der Waals surface area contributed by atoms with E-state index in [-0.39, 0.29) is 12.0 Å². The number of carbonyl (C=O) groups excluding carboxylic acids is 2. The Morgan fingerprint density at radius 1 is 1.13 bits per heavy atom. The lowest BCUT2D eigenvalue weighted by Gasteiger charge is -2.12. The zero-order valence-corrected chi connectivity index (χ0v) is 22.2. The third kappa shape index (κ3) is 6.76. The molecule has 0 bridgehead atoms. The summed E-state index contributed by atoms with van der Waals surface area (Å²) in [6.07, 6.45) is 7.60. The molecule has 0 saturated carbocycles. The highest BCUT2D eigenvalue weighted by Crippen LogP contribution is 2.20. The van der Waals surface area contributed by atoms with Gasteiger partial charge in [0.2, 0.25) is 5.91 Å². The second-order valence-corrected chi connectivity index (χ2v) is 10.6. The average molecular weight is 543 g/mol. The molecule has 39 heavy (non-hydrogen) atoms. The number of nitrogens with two attached hydrogens (primary N) is 1. The van der Waals surface area contributed by atoms with Crippen molar-refractivity contribution >= 4 is 28.8 Å². The van der Waals surface area contributed by atoms with Gasteiger partial charge in [-0.2, -0.15) is 0 Å². The summed E-state index contributed by atoms with van der Waals surface area (Å²) >= 11 is 1.31. The first kappa shape index (κ1) is 26.3. The average Bonchev–Trinajstić information content (AvgIpc) is 3.67. The van der Waals surface area contributed by atoms with Crippen LogP contribution in [0.5, 0.6) is 0 Å². The topological polar surface area (TPSA) is 106 Å². The van der Waals surface area contributed by atoms with Crippen molar-refractivity contribution in [2.75, 3.05) is 18.4 Å². The molecule has 0 spiro atoms. The minimum Gasteiger partial charge on any atom is -0.369 e. The summed E-state index contributed by atoms with van der Waals surface area (Å²) in [5.74, 6) is 4.75. The molecule has 198 valence electrons. The van der Waals surface area contributed by atoms with Crippen molar-refractivity contribution < 1.29 is 14.0 Å². The number of anilines is 1. The fourth-order valence-electron chi connectivity index (χ4n) is 4.38. The van der Waals surface area contributed by atoms with Crippen molar-refractivity contribution in [2.24, 2.45) is 5.73 Å². The van der Waals surface area contributed by atoms with Crippen molar-refractivity contribution in [3.05, 3.63) is 93.2 Å². The lowest BCUT2D eigenvalue weighted by molar-refractivity contribution is -0.117. The molecule has 2 aromatic carbocycles. The van der Waals surface area contributed by atoms with Crippen LogP contribution in [0.1, 0.15) is 49.9 Å². The molecule has 4 aromatic rings. The molecular weight excluding hydrogens is 515 g/mol. The minimum absolute atomic E-state index is 0.0787. The maximum atomic E-state index is 14.5. The van der Waals surface area contributed by atoms with Crippen molar-refractivity contribution in [1.82, 2.24) is 19.4 Å². The van der Waals surface area contributed by atoms with Gasteiger partial charge in [0.15, 0.2) is 0 Å². The maximum Gasteiger partial charge on any atom is 0.255 e. The SMILES string of the molecule is Cc1ccc(NC(=O)c2cc(F)cc(-n3cnc(CN4CCCC4)c3)c2)cc1C#Cc1cnc(CC(N)=O)s1. The fourth-order valence-corrected chi connectivity index (χ4v) is 5.16. The molecule has 8 nitrogen and oxygen atoms in total. The van der Waals surface area contributed by atoms with Gasteiger partial charge in [-0.05, 0) is 74.7 Å². The first-order chi connectivity index (χ1) is 18.8. The smallest absolute Gasteiger partial charge is 0.255 e. The molecule has 2 amide bonds. The number of aryl methyl sites for hydroxylation is 1. The molecule has 1 aliphatic rings. The van der Waals surface area contributed by atoms with Crippen LogP contribution in [0.25, 0.3) is 5.69 Å². The highest BCUT2D eigenvalue weighted by Gasteiger charge is 2.15. The highest BCUT2D eigenvalue weighted by atomic mass is 32.1. The molecule has 0 aliphatic carbocycles. The van der Waals surface area contributed by atoms with Crippen LogP contribution in [0.2, 0.25) is 0 Å². The van der Waals surface area contributed by atoms with Gasteiger partial charge >= 0.3 is 0 Å². The number of amides is 2. The van der Waals surface area contributed by atoms with Gasteiger partial charge in [-0.3, -0.25) is 14.5 Å². The van der Waals surface area contributed by atoms with Crippen LogP contribution in [0.15, 0.2) is 55.1 Å². The Hall–Kier alpha value is -4.33. The normalized spacial score (nSPS) is 13.2. The number of carbonyl (C=O) groups is 2. The number of rotatable bonds is 7. The van der Waals surface area contributed by atoms with Crippen LogP contribution < -0.4 is 11.1 Å². The van der Waals surface area contributed by atoms with Gasteiger partial charge < -0.3 is 15.6 Å². The molecule has 0 unspecified atom stereocenters. The largest absolute Gasteiger partial charge is 0.369 e. The first-order valence-corrected chi connectivity index (χ1v) is 13.4. The zero-order chi connectivity index (χ0) is 27.4. The maximum absolute atomic E-state index is 14.5. The van der Waals surface area contributed by atoms with Crippen LogP contribution in [0.3, 0.4) is 0 Å². The molecule has 0 atom stereocenters. The van der Waals surface area contributed by atoms with Crippen molar-refractivity contribution in [3.8, 4) is 17.5 Å². The van der Waals surface area contributed by atoms with Gasteiger partial charge in [0.25, 0.3) is 5.91 Å². The van der Waals surface area contributed by atoms with Gasteiger partial charge in [-0.1, -0.05) is 12.0 Å². The number of aromatic nitrogens is 3. The standard InChI is InChI=1S/C29H27FN6O2S/c1-19-4-6-23(11-20(19)5-7-26-15-32-28(39-26)14-27(31)37)34-29(38)21-10-22(30)13-25(12-21)36-17-24(33-18-36)16-35-8-2-3-9-35/h4,6,10-13,15,17-18H,2-3,8-9,14,16H2,1H3,(H2,31,37)(H,34,38). The summed E-state index contributed by atoms with van der Waals surface area (Å²) in [6, 6.07) is 9.63. The molecule has 1 aliphatic heterocycles. The van der Waals surface area contributed by atoms with E-state index in [1.807, 2.05) is 19.2 Å². The third-order valence-corrected chi connectivity index (χ3v) is 7.27. The van der Waals surface area contributed by atoms with Crippen LogP contribution in [-0.2, 0) is 17.8 Å². The number of hydrogen-bond donors (Lipinski definition) is 2. The molecule has 3 heterocycles. The number of nitrogens with zero attached hydrogens (tertiary/aromatic N) is 4. The van der Waals surface area contributed by atoms with E-state index in [0.717, 1.165) is 36.5 Å². The number of imidazole rings is 1. The van der Waals surface area contributed by atoms with E-state index >= 15 is 0 Å². The second kappa shape index (κ2) is 11.6. The minimum atomic E-state index is -0.511. The van der Waals surface area contributed by atoms with Crippen LogP contribution in [0.4, 0.5) is 10.1 Å². The molecule has 3 N–H and O–H groups in total. The summed E-state index contributed by atoms with van der Waals surface area (Å²) in [7, 11) is 0. The second-order valence-electron chi connectivity index (χ2n) is 9.45. The Labute approximate surface area is 229 Å². The summed E-state index contributed by atoms with van der Waals surface area (Å²) in [5.41, 5.74) is 9.04. The molecule has 1 fully saturated rings. The Morgan fingerprint density at radius 2 is 1.95 bits per heavy atom. The predicted molar refractivity (Wildman–Crippen MR) is 148 cm³/mol. The van der Waals surface area contributed by atoms with Gasteiger partial charge in [0.05, 0.1) is 35.2 Å². The molecule has 0 radical (unpaired) electrons. The number of nitrogens with one attached hydrogen (secondary N) is 1. The highest BCUT2D eigenvalue weighted by molar-refractivity contribution is 7.12. The Morgan fingerprint density at radius 3 is 2.74 bits per heavy atom. The molecule has 10 heteroatoms. The van der Waals surface area contributed by atoms with Gasteiger partial charge in [0.1, 0.15) is 10.8 Å². The fraction of sp³-hybridized carbons (Fsp3) is 0.241. The van der Waals surface area contributed by atoms with Gasteiger partial charge in [0, 0.05) is 29.6 Å². The first-order valence-electron chi connectivity index (χ1n) is 12.6. The van der Waals surface area contributed by atoms with Gasteiger partial charge in [-0.25, -0.2) is 14.4 Å². The predicted octanol–water partition coefficient (Wildman–Crippen LogP) is 4.05. The van der Waals surface area contributed by atoms with Gasteiger partial charge in [-0.15, -0.1) is 11.3 Å². The summed E-state index contributed by atoms with van der Waals surface area (Å²) in [5, 5.41) is 3.45. The molecule has 2 aromatic heterocycles. The number of likely N-dealkylation sites (tertiary alicyclic amines) is 1. The Kier molecular flexibility index (Phi) is 7.81. The summed E-state index contributed by atoms with van der Waals surface area (Å²) in [6.45, 7) is 4.80. The van der Waals surface area contributed by atoms with Crippen LogP contribution in [0, 0.1) is 24.6 Å². The number of halogens is 1. The van der Waals surface area contributed by atoms with E-state index in [0.29, 0.717) is 21.3 Å². The molecule has 1 saturated heterocycles. The van der Waals surface area contributed by atoms with E-state index in [1.54, 1.807) is 35.3 Å². The number of primary amides is 1. The zero-order valence-electron chi connectivity index (χ0n) is 21.4. The number of hydrogen-bond acceptors (Lipinski definition) is 6. The quantitative estimate of drug-likeness (QED) is 0.343. The van der Waals surface area contributed by atoms with E-state index < -0.39 is 17.6 Å². The monoisotopic (exact) mass is 542 g/mol. The molecule has 5 rings (SSSR count).